The first-order valence-corrected chi connectivity index (χ1v) is 4.00. The summed E-state index contributed by atoms with van der Waals surface area (Å²) in [6.07, 6.45) is 4.32. The molecule has 0 heterocycles. The summed E-state index contributed by atoms with van der Waals surface area (Å²) in [7, 11) is 0. The van der Waals surface area contributed by atoms with Crippen LogP contribution in [0.25, 0.3) is 0 Å². The van der Waals surface area contributed by atoms with E-state index in [-0.39, 0.29) is 0 Å². The van der Waals surface area contributed by atoms with Gasteiger partial charge in [0.1, 0.15) is 0 Å². The van der Waals surface area contributed by atoms with Gasteiger partial charge in [-0.1, -0.05) is 19.1 Å². The minimum Gasteiger partial charge on any atom is -0.478 e. The van der Waals surface area contributed by atoms with Crippen LogP contribution in [0.15, 0.2) is 23.6 Å². The van der Waals surface area contributed by atoms with Crippen molar-refractivity contribution >= 4 is 17.7 Å². The third kappa shape index (κ3) is 7.30. The van der Waals surface area contributed by atoms with E-state index in [1.165, 1.54) is 6.08 Å². The Labute approximate surface area is 64.6 Å². The molecule has 0 aromatic heterocycles. The molecular weight excluding hydrogens is 148 g/mol. The van der Waals surface area contributed by atoms with Gasteiger partial charge >= 0.3 is 5.97 Å². The maximum absolute atomic E-state index is 9.90. The van der Waals surface area contributed by atoms with Crippen LogP contribution in [0.3, 0.4) is 0 Å². The van der Waals surface area contributed by atoms with Crippen LogP contribution in [0.2, 0.25) is 0 Å². The second-order valence-corrected chi connectivity index (χ2v) is 2.66. The monoisotopic (exact) mass is 158 g/mol. The van der Waals surface area contributed by atoms with Gasteiger partial charge in [0.05, 0.1) is 0 Å². The van der Waals surface area contributed by atoms with E-state index in [0.29, 0.717) is 0 Å². The van der Waals surface area contributed by atoms with E-state index >= 15 is 0 Å². The zero-order valence-corrected chi connectivity index (χ0v) is 6.60. The Morgan fingerprint density at radius 3 is 2.80 bits per heavy atom. The second-order valence-electron chi connectivity index (χ2n) is 1.48. The zero-order chi connectivity index (χ0) is 7.82. The molecular formula is C7H10O2S. The molecule has 0 spiro atoms. The third-order valence-electron chi connectivity index (χ3n) is 0.691. The largest absolute Gasteiger partial charge is 0.478 e. The van der Waals surface area contributed by atoms with Crippen LogP contribution < -0.4 is 0 Å². The van der Waals surface area contributed by atoms with Crippen molar-refractivity contribution in [1.82, 2.24) is 0 Å². The van der Waals surface area contributed by atoms with Crippen LogP contribution in [-0.2, 0) is 4.79 Å². The predicted octanol–water partition coefficient (Wildman–Crippen LogP) is 1.89. The number of allylic oxidation sites excluding steroid dienone is 2. The maximum Gasteiger partial charge on any atom is 0.328 e. The Balaban J connectivity index is 3.42. The summed E-state index contributed by atoms with van der Waals surface area (Å²) in [5.74, 6) is 0.100. The van der Waals surface area contributed by atoms with Crippen molar-refractivity contribution in [2.45, 2.75) is 6.92 Å². The summed E-state index contributed by atoms with van der Waals surface area (Å²) in [6.45, 7) is 2.04. The molecule has 0 atom stereocenters. The maximum atomic E-state index is 9.90. The van der Waals surface area contributed by atoms with Crippen molar-refractivity contribution in [2.75, 3.05) is 5.75 Å². The molecule has 0 rings (SSSR count). The number of thioether (sulfide) groups is 1. The minimum absolute atomic E-state index is 0.911. The van der Waals surface area contributed by atoms with E-state index in [0.717, 1.165) is 11.8 Å². The molecule has 0 aliphatic carbocycles. The molecule has 1 N–H and O–H groups in total. The molecule has 0 bridgehead atoms. The van der Waals surface area contributed by atoms with E-state index in [4.69, 9.17) is 5.11 Å². The van der Waals surface area contributed by atoms with Crippen LogP contribution in [0, 0.1) is 0 Å². The van der Waals surface area contributed by atoms with E-state index in [1.807, 2.05) is 12.3 Å². The van der Waals surface area contributed by atoms with Crippen molar-refractivity contribution < 1.29 is 9.90 Å². The highest BCUT2D eigenvalue weighted by molar-refractivity contribution is 8.02. The van der Waals surface area contributed by atoms with Crippen LogP contribution in [-0.4, -0.2) is 16.8 Å². The van der Waals surface area contributed by atoms with Crippen LogP contribution in [0.4, 0.5) is 0 Å². The molecule has 0 amide bonds. The van der Waals surface area contributed by atoms with Crippen molar-refractivity contribution in [3.8, 4) is 0 Å². The normalized spacial score (nSPS) is 11.3. The quantitative estimate of drug-likeness (QED) is 0.501. The van der Waals surface area contributed by atoms with Gasteiger partial charge in [-0.15, -0.1) is 11.8 Å². The molecule has 0 aromatic rings. The van der Waals surface area contributed by atoms with Crippen molar-refractivity contribution in [3.05, 3.63) is 23.6 Å². The first kappa shape index (κ1) is 9.30. The Morgan fingerprint density at radius 1 is 1.60 bits per heavy atom. The molecule has 56 valence electrons. The van der Waals surface area contributed by atoms with Gasteiger partial charge in [0.15, 0.2) is 0 Å². The Kier molecular flexibility index (Phi) is 5.97. The lowest BCUT2D eigenvalue weighted by atomic mass is 10.5. The smallest absolute Gasteiger partial charge is 0.328 e. The molecule has 2 nitrogen and oxygen atoms in total. The van der Waals surface area contributed by atoms with Gasteiger partial charge in [0, 0.05) is 6.08 Å². The third-order valence-corrected chi connectivity index (χ3v) is 1.37. The first-order valence-electron chi connectivity index (χ1n) is 2.95. The van der Waals surface area contributed by atoms with E-state index < -0.39 is 5.97 Å². The topological polar surface area (TPSA) is 37.3 Å². The molecule has 10 heavy (non-hydrogen) atoms. The molecule has 0 aliphatic rings. The molecule has 0 saturated heterocycles. The van der Waals surface area contributed by atoms with E-state index in [9.17, 15) is 4.79 Å². The molecule has 0 aliphatic heterocycles. The number of aliphatic carboxylic acids is 1. The number of hydrogen-bond acceptors (Lipinski definition) is 2. The summed E-state index contributed by atoms with van der Waals surface area (Å²) >= 11 is 1.64. The fraction of sp³-hybridized carbons (Fsp3) is 0.286. The highest BCUT2D eigenvalue weighted by atomic mass is 32.2. The van der Waals surface area contributed by atoms with E-state index in [2.05, 4.69) is 0 Å². The lowest BCUT2D eigenvalue weighted by molar-refractivity contribution is -0.131. The Morgan fingerprint density at radius 2 is 2.30 bits per heavy atom. The average molecular weight is 158 g/mol. The number of carboxylic acids is 1. The first-order chi connectivity index (χ1) is 4.77. The van der Waals surface area contributed by atoms with Gasteiger partial charge in [-0.25, -0.2) is 4.79 Å². The lowest BCUT2D eigenvalue weighted by Crippen LogP contribution is -1.84. The highest BCUT2D eigenvalue weighted by Gasteiger charge is 1.79. The predicted molar refractivity (Wildman–Crippen MR) is 44.0 cm³/mol. The van der Waals surface area contributed by atoms with E-state index in [1.54, 1.807) is 17.8 Å². The van der Waals surface area contributed by atoms with Gasteiger partial charge in [-0.2, -0.15) is 0 Å². The summed E-state index contributed by atoms with van der Waals surface area (Å²) in [5.41, 5.74) is 0. The van der Waals surface area contributed by atoms with Crippen LogP contribution in [0.1, 0.15) is 6.92 Å². The molecule has 0 aromatic carbocycles. The van der Waals surface area contributed by atoms with Crippen molar-refractivity contribution in [3.63, 3.8) is 0 Å². The molecule has 0 radical (unpaired) electrons. The fourth-order valence-electron chi connectivity index (χ4n) is 0.335. The standard InChI is InChI=1S/C7H10O2S/c1-2-10-6-4-3-5-7(8)9/h3-6H,2H2,1H3,(H,8,9)/b5-3+,6-4+. The zero-order valence-electron chi connectivity index (χ0n) is 5.78. The number of hydrogen-bond donors (Lipinski definition) is 1. The fourth-order valence-corrected chi connectivity index (χ4v) is 0.729. The van der Waals surface area contributed by atoms with Gasteiger partial charge in [-0.3, -0.25) is 0 Å². The van der Waals surface area contributed by atoms with Crippen molar-refractivity contribution in [2.24, 2.45) is 0 Å². The van der Waals surface area contributed by atoms with Gasteiger partial charge in [0.2, 0.25) is 0 Å². The second kappa shape index (κ2) is 6.42. The summed E-state index contributed by atoms with van der Waals surface area (Å²) < 4.78 is 0. The highest BCUT2D eigenvalue weighted by Crippen LogP contribution is 1.99. The number of carbonyl (C=O) groups is 1. The number of rotatable bonds is 4. The minimum atomic E-state index is -0.911. The van der Waals surface area contributed by atoms with Crippen molar-refractivity contribution in [1.29, 1.82) is 0 Å². The SMILES string of the molecule is CCS/C=C/C=C/C(=O)O. The Hall–Kier alpha value is -0.700. The van der Waals surface area contributed by atoms with Crippen LogP contribution in [0.5, 0.6) is 0 Å². The molecule has 0 unspecified atom stereocenters. The summed E-state index contributed by atoms with van der Waals surface area (Å²) in [6, 6.07) is 0. The summed E-state index contributed by atoms with van der Waals surface area (Å²) in [5, 5.41) is 10.0. The van der Waals surface area contributed by atoms with Gasteiger partial charge < -0.3 is 5.11 Å². The lowest BCUT2D eigenvalue weighted by Gasteiger charge is -1.79. The molecule has 0 saturated carbocycles. The molecule has 3 heteroatoms. The molecule has 0 fully saturated rings. The Bertz CT molecular complexity index is 150. The van der Waals surface area contributed by atoms with Gasteiger partial charge in [-0.05, 0) is 11.2 Å². The summed E-state index contributed by atoms with van der Waals surface area (Å²) in [4.78, 5) is 9.90. The van der Waals surface area contributed by atoms with Gasteiger partial charge in [0.25, 0.3) is 0 Å². The van der Waals surface area contributed by atoms with Crippen LogP contribution >= 0.6 is 11.8 Å². The number of carboxylic acid groups (broad SMARTS) is 1. The average Bonchev–Trinajstić information content (AvgIpc) is 1.87.